The van der Waals surface area contributed by atoms with Crippen molar-refractivity contribution < 1.29 is 41.2 Å². The minimum atomic E-state index is -5.38. The fourth-order valence-corrected chi connectivity index (χ4v) is 12.1. The molecule has 10 heteroatoms. The van der Waals surface area contributed by atoms with Gasteiger partial charge in [-0.1, -0.05) is 135 Å². The zero-order valence-electron chi connectivity index (χ0n) is 44.7. The van der Waals surface area contributed by atoms with Crippen LogP contribution in [0.1, 0.15) is 134 Å². The van der Waals surface area contributed by atoms with Crippen molar-refractivity contribution in [3.05, 3.63) is 220 Å². The third-order valence-electron chi connectivity index (χ3n) is 13.4. The molecule has 0 bridgehead atoms. The summed E-state index contributed by atoms with van der Waals surface area (Å²) in [7, 11) is -5.38. The molecule has 0 fully saturated rings. The van der Waals surface area contributed by atoms with Gasteiger partial charge in [-0.05, 0) is 172 Å². The molecule has 392 valence electrons. The van der Waals surface area contributed by atoms with Gasteiger partial charge in [0.1, 0.15) is 32.8 Å². The topological polar surface area (TPSA) is 118 Å². The number of hydrogen-bond acceptors (Lipinski definition) is 5. The van der Waals surface area contributed by atoms with Crippen molar-refractivity contribution >= 4 is 37.7 Å². The maximum Gasteiger partial charge on any atom is 0.193 e. The highest BCUT2D eigenvalue weighted by atomic mass is 32.3. The Balaban J connectivity index is 1.19. The third kappa shape index (κ3) is 13.4. The molecule has 0 heterocycles. The smallest absolute Gasteiger partial charge is 0.193 e. The number of halogens is 2. The molecule has 8 aromatic rings. The van der Waals surface area contributed by atoms with Crippen LogP contribution in [0.25, 0.3) is 33.0 Å². The van der Waals surface area contributed by atoms with Crippen LogP contribution in [0.15, 0.2) is 169 Å². The van der Waals surface area contributed by atoms with E-state index in [1.54, 1.807) is 72.8 Å². The van der Waals surface area contributed by atoms with Crippen molar-refractivity contribution in [2.75, 3.05) is 5.75 Å². The Morgan fingerprint density at radius 2 is 0.974 bits per heavy atom. The van der Waals surface area contributed by atoms with Crippen molar-refractivity contribution in [2.45, 2.75) is 92.9 Å². The first-order valence-electron chi connectivity index (χ1n) is 25.6. The SMILES string of the molecule is CC(C)(C)CCc1cc(S(=O)(O)(O)CC(C)(C)C)c2cc(Oc3ccc(C(=O)c4cc(-c5ccc(C(=O)c6ccc(F)cc6)cc5)ccc4-c4ccc(C(=O)c5ccc(F)cc5)cc4)cc3CCC(C)(C)C)ccc2c1. The van der Waals surface area contributed by atoms with Gasteiger partial charge in [0.05, 0.1) is 10.6 Å². The monoisotopic (exact) mass is 1040 g/mol. The summed E-state index contributed by atoms with van der Waals surface area (Å²) >= 11 is 0. The van der Waals surface area contributed by atoms with E-state index in [1.807, 2.05) is 63.2 Å². The fraction of sp³-hybridized carbons (Fsp3) is 0.258. The predicted molar refractivity (Wildman–Crippen MR) is 302 cm³/mol. The Morgan fingerprint density at radius 1 is 0.487 bits per heavy atom. The quantitative estimate of drug-likeness (QED) is 0.0926. The van der Waals surface area contributed by atoms with Gasteiger partial charge in [0.2, 0.25) is 0 Å². The number of rotatable bonds is 16. The molecule has 2 N–H and O–H groups in total. The molecule has 8 aromatic carbocycles. The Morgan fingerprint density at radius 3 is 1.50 bits per heavy atom. The van der Waals surface area contributed by atoms with Gasteiger partial charge in [0.15, 0.2) is 17.3 Å². The van der Waals surface area contributed by atoms with Crippen molar-refractivity contribution in [1.82, 2.24) is 0 Å². The van der Waals surface area contributed by atoms with Crippen LogP contribution in [-0.2, 0) is 22.5 Å². The van der Waals surface area contributed by atoms with Crippen molar-refractivity contribution in [1.29, 1.82) is 0 Å². The standard InChI is InChI=1S/C66H66F2O7S/c1-64(2,3)34-32-42-36-50-22-29-55(40-57(50)60(37-42)76(72,73,74)41-66(7,8)9)75-59-31-24-52(38-51(59)33-35-65(4,5)6)63(71)58-39-49(43-10-14-45(15-11-43)61(69)47-18-25-53(67)26-19-47)23-30-56(58)44-12-16-46(17-13-44)62(70)48-20-27-54(68)28-21-48/h10-31,36-40H,32-35,41H2,1-9H3,(H2,72,73,74). The number of carbonyl (C=O) groups is 3. The minimum absolute atomic E-state index is 0.0173. The summed E-state index contributed by atoms with van der Waals surface area (Å²) < 4.78 is 72.2. The number of benzene rings is 8. The summed E-state index contributed by atoms with van der Waals surface area (Å²) in [5.74, 6) is -1.18. The Hall–Kier alpha value is -7.24. The fourth-order valence-electron chi connectivity index (χ4n) is 9.41. The number of ketones is 3. The van der Waals surface area contributed by atoms with Crippen LogP contribution in [0.2, 0.25) is 0 Å². The van der Waals surface area contributed by atoms with Crippen molar-refractivity contribution in [3.63, 3.8) is 0 Å². The highest BCUT2D eigenvalue weighted by molar-refractivity contribution is 8.10. The summed E-state index contributed by atoms with van der Waals surface area (Å²) in [6.45, 7) is 18.3. The van der Waals surface area contributed by atoms with Crippen LogP contribution < -0.4 is 4.74 Å². The van der Waals surface area contributed by atoms with Gasteiger partial charge >= 0.3 is 0 Å². The number of fused-ring (bicyclic) bond motifs is 1. The molecule has 76 heavy (non-hydrogen) atoms. The molecular weight excluding hydrogens is 975 g/mol. The van der Waals surface area contributed by atoms with E-state index in [9.17, 15) is 31.7 Å². The summed E-state index contributed by atoms with van der Waals surface area (Å²) in [5.41, 5.74) is 5.87. The summed E-state index contributed by atoms with van der Waals surface area (Å²) in [5, 5.41) is 1.10. The molecule has 7 nitrogen and oxygen atoms in total. The van der Waals surface area contributed by atoms with E-state index in [0.29, 0.717) is 85.2 Å². The minimum Gasteiger partial charge on any atom is -0.457 e. The van der Waals surface area contributed by atoms with E-state index < -0.39 is 26.7 Å². The molecule has 0 aliphatic heterocycles. The van der Waals surface area contributed by atoms with E-state index in [4.69, 9.17) is 4.74 Å². The van der Waals surface area contributed by atoms with E-state index in [-0.39, 0.29) is 38.8 Å². The first-order chi connectivity index (χ1) is 35.6. The molecule has 0 aliphatic rings. The molecule has 0 atom stereocenters. The molecule has 0 amide bonds. The summed E-state index contributed by atoms with van der Waals surface area (Å²) in [6, 6.07) is 44.6. The number of ether oxygens (including phenoxy) is 1. The zero-order chi connectivity index (χ0) is 55.0. The third-order valence-corrected chi connectivity index (χ3v) is 16.0. The van der Waals surface area contributed by atoms with Gasteiger partial charge < -0.3 is 13.8 Å². The van der Waals surface area contributed by atoms with Gasteiger partial charge in [-0.15, -0.1) is 0 Å². The lowest BCUT2D eigenvalue weighted by Crippen LogP contribution is -2.41. The molecular formula is C66H66F2O7S. The highest BCUT2D eigenvalue weighted by Gasteiger charge is 2.39. The molecule has 0 aliphatic carbocycles. The van der Waals surface area contributed by atoms with Crippen molar-refractivity contribution in [2.24, 2.45) is 16.2 Å². The Labute approximate surface area is 445 Å². The first kappa shape index (κ1) is 55.0. The van der Waals surface area contributed by atoms with Gasteiger partial charge in [-0.25, -0.2) is 13.0 Å². The molecule has 0 aromatic heterocycles. The lowest BCUT2D eigenvalue weighted by atomic mass is 9.87. The number of hydrogen-bond donors (Lipinski definition) is 2. The summed E-state index contributed by atoms with van der Waals surface area (Å²) in [4.78, 5) is 41.9. The van der Waals surface area contributed by atoms with Crippen molar-refractivity contribution in [3.8, 4) is 33.8 Å². The van der Waals surface area contributed by atoms with Crippen LogP contribution in [0, 0.1) is 27.9 Å². The largest absolute Gasteiger partial charge is 0.457 e. The molecule has 0 saturated carbocycles. The molecule has 0 radical (unpaired) electrons. The molecule has 0 unspecified atom stereocenters. The van der Waals surface area contributed by atoms with Gasteiger partial charge in [0.25, 0.3) is 0 Å². The highest BCUT2D eigenvalue weighted by Crippen LogP contribution is 2.43. The van der Waals surface area contributed by atoms with Crippen LogP contribution in [-0.4, -0.2) is 36.4 Å². The molecule has 0 saturated heterocycles. The predicted octanol–water partition coefficient (Wildman–Crippen LogP) is 17.1. The normalized spacial score (nSPS) is 12.8. The number of carbonyl (C=O) groups excluding carboxylic acids is 3. The van der Waals surface area contributed by atoms with Crippen LogP contribution >= 0.6 is 0 Å². The average Bonchev–Trinajstić information content (AvgIpc) is 3.36. The second-order valence-electron chi connectivity index (χ2n) is 23.7. The second kappa shape index (κ2) is 21.1. The zero-order valence-corrected chi connectivity index (χ0v) is 45.5. The van der Waals surface area contributed by atoms with E-state index in [0.717, 1.165) is 29.5 Å². The maximum atomic E-state index is 15.2. The Kier molecular flexibility index (Phi) is 15.2. The maximum absolute atomic E-state index is 15.2. The van der Waals surface area contributed by atoms with E-state index in [1.165, 1.54) is 48.5 Å². The Bertz CT molecular complexity index is 3550. The summed E-state index contributed by atoms with van der Waals surface area (Å²) in [6.07, 6.45) is 2.77. The first-order valence-corrected chi connectivity index (χ1v) is 27.6. The van der Waals surface area contributed by atoms with Crippen LogP contribution in [0.3, 0.4) is 0 Å². The second-order valence-corrected chi connectivity index (χ2v) is 26.4. The average molecular weight is 1040 g/mol. The van der Waals surface area contributed by atoms with Gasteiger partial charge in [-0.3, -0.25) is 14.4 Å². The van der Waals surface area contributed by atoms with E-state index in [2.05, 4.69) is 41.5 Å². The molecule has 0 spiro atoms. The van der Waals surface area contributed by atoms with Crippen LogP contribution in [0.5, 0.6) is 11.5 Å². The van der Waals surface area contributed by atoms with E-state index >= 15 is 4.79 Å². The van der Waals surface area contributed by atoms with Gasteiger partial charge in [0, 0.05) is 38.8 Å². The lowest BCUT2D eigenvalue weighted by molar-refractivity contribution is 0.103. The lowest BCUT2D eigenvalue weighted by Gasteiger charge is -2.37. The van der Waals surface area contributed by atoms with Crippen LogP contribution in [0.4, 0.5) is 8.78 Å². The van der Waals surface area contributed by atoms with Gasteiger partial charge in [-0.2, -0.15) is 0 Å². The molecule has 8 rings (SSSR count). The number of aryl methyl sites for hydroxylation is 2.